The summed E-state index contributed by atoms with van der Waals surface area (Å²) in [5, 5.41) is 3.05. The summed E-state index contributed by atoms with van der Waals surface area (Å²) in [5.41, 5.74) is 0.318. The van der Waals surface area contributed by atoms with Gasteiger partial charge in [0.05, 0.1) is 12.2 Å². The Hall–Kier alpha value is -2.02. The van der Waals surface area contributed by atoms with Gasteiger partial charge in [0, 0.05) is 44.1 Å². The van der Waals surface area contributed by atoms with E-state index in [1.807, 2.05) is 18.7 Å². The van der Waals surface area contributed by atoms with Crippen LogP contribution in [0.4, 0.5) is 0 Å². The molecule has 2 aliphatic rings. The molecule has 0 bridgehead atoms. The third kappa shape index (κ3) is 4.03. The Morgan fingerprint density at radius 2 is 1.96 bits per heavy atom. The molecule has 1 saturated carbocycles. The molecule has 1 aromatic heterocycles. The van der Waals surface area contributed by atoms with Gasteiger partial charge in [-0.25, -0.2) is 4.98 Å². The summed E-state index contributed by atoms with van der Waals surface area (Å²) in [6.07, 6.45) is 9.94. The number of likely N-dealkylation sites (tertiary alicyclic amines) is 1. The van der Waals surface area contributed by atoms with Gasteiger partial charge in [0.15, 0.2) is 0 Å². The smallest absolute Gasteiger partial charge is 0.271 e. The average molecular weight is 359 g/mol. The Kier molecular flexibility index (Phi) is 6.19. The van der Waals surface area contributed by atoms with E-state index >= 15 is 0 Å². The Balaban J connectivity index is 1.71. The summed E-state index contributed by atoms with van der Waals surface area (Å²) in [6, 6.07) is 0.290. The molecule has 3 rings (SSSR count). The van der Waals surface area contributed by atoms with Gasteiger partial charge in [0.2, 0.25) is 5.91 Å². The maximum atomic E-state index is 13.0. The van der Waals surface area contributed by atoms with Crippen LogP contribution in [0, 0.1) is 0 Å². The lowest BCUT2D eigenvalue weighted by Gasteiger charge is -2.32. The van der Waals surface area contributed by atoms with E-state index in [0.29, 0.717) is 18.2 Å². The number of nitrogens with one attached hydrogen (secondary N) is 1. The molecule has 7 nitrogen and oxygen atoms in total. The van der Waals surface area contributed by atoms with Crippen LogP contribution in [0.2, 0.25) is 0 Å². The van der Waals surface area contributed by atoms with E-state index in [1.165, 1.54) is 25.2 Å². The van der Waals surface area contributed by atoms with Gasteiger partial charge in [-0.2, -0.15) is 0 Å². The maximum absolute atomic E-state index is 13.0. The molecule has 2 fully saturated rings. The minimum atomic E-state index is -0.217. The second-order valence-corrected chi connectivity index (χ2v) is 7.16. The number of hydrogen-bond acceptors (Lipinski definition) is 5. The largest absolute Gasteiger partial charge is 0.347 e. The highest BCUT2D eigenvalue weighted by Crippen LogP contribution is 2.31. The highest BCUT2D eigenvalue weighted by atomic mass is 16.2. The Labute approximate surface area is 155 Å². The number of aromatic nitrogens is 2. The monoisotopic (exact) mass is 359 g/mol. The van der Waals surface area contributed by atoms with E-state index in [2.05, 4.69) is 20.2 Å². The first-order valence-corrected chi connectivity index (χ1v) is 9.75. The molecule has 0 radical (unpaired) electrons. The van der Waals surface area contributed by atoms with Gasteiger partial charge in [0.1, 0.15) is 5.69 Å². The molecule has 2 amide bonds. The van der Waals surface area contributed by atoms with Crippen LogP contribution in [-0.2, 0) is 4.79 Å². The van der Waals surface area contributed by atoms with Crippen molar-refractivity contribution in [1.29, 1.82) is 0 Å². The zero-order valence-electron chi connectivity index (χ0n) is 15.7. The van der Waals surface area contributed by atoms with Gasteiger partial charge in [0.25, 0.3) is 5.91 Å². The number of hydrogen-bond donors (Lipinski definition) is 1. The van der Waals surface area contributed by atoms with Gasteiger partial charge in [-0.15, -0.1) is 0 Å². The van der Waals surface area contributed by atoms with Crippen molar-refractivity contribution in [3.05, 3.63) is 24.3 Å². The minimum absolute atomic E-state index is 0.0328. The first-order valence-electron chi connectivity index (χ1n) is 9.75. The van der Waals surface area contributed by atoms with Crippen molar-refractivity contribution in [2.45, 2.75) is 64.1 Å². The number of rotatable bonds is 6. The summed E-state index contributed by atoms with van der Waals surface area (Å²) >= 11 is 0. The Morgan fingerprint density at radius 1 is 1.23 bits per heavy atom. The average Bonchev–Trinajstić information content (AvgIpc) is 3.33. The third-order valence-corrected chi connectivity index (χ3v) is 5.62. The van der Waals surface area contributed by atoms with Gasteiger partial charge >= 0.3 is 0 Å². The highest BCUT2D eigenvalue weighted by molar-refractivity contribution is 5.92. The zero-order valence-corrected chi connectivity index (χ0v) is 15.7. The van der Waals surface area contributed by atoms with Crippen molar-refractivity contribution in [3.63, 3.8) is 0 Å². The molecule has 7 heteroatoms. The molecular formula is C19H29N5O2. The number of amides is 2. The molecule has 26 heavy (non-hydrogen) atoms. The summed E-state index contributed by atoms with van der Waals surface area (Å²) in [6.45, 7) is 6.21. The molecular weight excluding hydrogens is 330 g/mol. The van der Waals surface area contributed by atoms with Gasteiger partial charge < -0.3 is 10.2 Å². The van der Waals surface area contributed by atoms with Crippen LogP contribution in [0.5, 0.6) is 0 Å². The van der Waals surface area contributed by atoms with Crippen molar-refractivity contribution >= 4 is 11.8 Å². The van der Waals surface area contributed by atoms with E-state index in [9.17, 15) is 9.59 Å². The fourth-order valence-electron chi connectivity index (χ4n) is 4.27. The molecule has 0 unspecified atom stereocenters. The number of carbonyl (C=O) groups excluding carboxylic acids is 2. The van der Waals surface area contributed by atoms with Crippen LogP contribution in [0.15, 0.2) is 18.6 Å². The van der Waals surface area contributed by atoms with Crippen molar-refractivity contribution in [2.24, 2.45) is 0 Å². The highest BCUT2D eigenvalue weighted by Gasteiger charge is 2.42. The fourth-order valence-corrected chi connectivity index (χ4v) is 4.27. The second kappa shape index (κ2) is 8.58. The normalized spacial score (nSPS) is 23.9. The molecule has 1 saturated heterocycles. The van der Waals surface area contributed by atoms with Crippen molar-refractivity contribution in [3.8, 4) is 0 Å². The summed E-state index contributed by atoms with van der Waals surface area (Å²) in [4.78, 5) is 37.7. The SMILES string of the molecule is CCN(CC)C(=O)[C@@H]1C[C@@H](NC(=O)c2cnccn2)CN1C1CCCC1. The number of nitrogens with zero attached hydrogens (tertiary/aromatic N) is 4. The first-order chi connectivity index (χ1) is 12.6. The van der Waals surface area contributed by atoms with Crippen molar-refractivity contribution in [2.75, 3.05) is 19.6 Å². The summed E-state index contributed by atoms with van der Waals surface area (Å²) in [7, 11) is 0. The lowest BCUT2D eigenvalue weighted by molar-refractivity contribution is -0.136. The van der Waals surface area contributed by atoms with E-state index in [0.717, 1.165) is 32.5 Å². The molecule has 1 aromatic rings. The van der Waals surface area contributed by atoms with E-state index < -0.39 is 0 Å². The van der Waals surface area contributed by atoms with E-state index in [4.69, 9.17) is 0 Å². The fraction of sp³-hybridized carbons (Fsp3) is 0.684. The van der Waals surface area contributed by atoms with E-state index in [1.54, 1.807) is 6.20 Å². The minimum Gasteiger partial charge on any atom is -0.347 e. The van der Waals surface area contributed by atoms with Crippen LogP contribution >= 0.6 is 0 Å². The van der Waals surface area contributed by atoms with Crippen LogP contribution < -0.4 is 5.32 Å². The summed E-state index contributed by atoms with van der Waals surface area (Å²) < 4.78 is 0. The molecule has 2 heterocycles. The predicted octanol–water partition coefficient (Wildman–Crippen LogP) is 1.46. The molecule has 1 aliphatic carbocycles. The van der Waals surface area contributed by atoms with E-state index in [-0.39, 0.29) is 23.9 Å². The van der Waals surface area contributed by atoms with Crippen LogP contribution in [0.3, 0.4) is 0 Å². The lowest BCUT2D eigenvalue weighted by Crippen LogP contribution is -2.48. The Morgan fingerprint density at radius 3 is 2.58 bits per heavy atom. The number of likely N-dealkylation sites (N-methyl/N-ethyl adjacent to an activating group) is 1. The zero-order chi connectivity index (χ0) is 18.5. The van der Waals surface area contributed by atoms with Crippen LogP contribution in [-0.4, -0.2) is 69.3 Å². The van der Waals surface area contributed by atoms with Crippen LogP contribution in [0.1, 0.15) is 56.4 Å². The Bertz CT molecular complexity index is 614. The van der Waals surface area contributed by atoms with Crippen molar-refractivity contribution in [1.82, 2.24) is 25.1 Å². The molecule has 2 atom stereocenters. The second-order valence-electron chi connectivity index (χ2n) is 7.16. The van der Waals surface area contributed by atoms with Crippen molar-refractivity contribution < 1.29 is 9.59 Å². The first kappa shape index (κ1) is 18.8. The molecule has 1 N–H and O–H groups in total. The predicted molar refractivity (Wildman–Crippen MR) is 98.6 cm³/mol. The summed E-state index contributed by atoms with van der Waals surface area (Å²) in [5.74, 6) is -0.0245. The van der Waals surface area contributed by atoms with Crippen LogP contribution in [0.25, 0.3) is 0 Å². The molecule has 0 spiro atoms. The quantitative estimate of drug-likeness (QED) is 0.832. The lowest BCUT2D eigenvalue weighted by atomic mass is 10.1. The van der Waals surface area contributed by atoms with Gasteiger partial charge in [-0.1, -0.05) is 12.8 Å². The number of carbonyl (C=O) groups is 2. The maximum Gasteiger partial charge on any atom is 0.271 e. The standard InChI is InChI=1S/C19H29N5O2/c1-3-23(4-2)19(26)17-11-14(13-24(17)15-7-5-6-8-15)22-18(25)16-12-20-9-10-21-16/h9-10,12,14-15,17H,3-8,11,13H2,1-2H3,(H,22,25)/t14-,17+/m1/s1. The topological polar surface area (TPSA) is 78.4 Å². The molecule has 1 aliphatic heterocycles. The molecule has 0 aromatic carbocycles. The van der Waals surface area contributed by atoms with Gasteiger partial charge in [-0.3, -0.25) is 19.5 Å². The molecule has 142 valence electrons. The van der Waals surface area contributed by atoms with Gasteiger partial charge in [-0.05, 0) is 33.1 Å². The third-order valence-electron chi connectivity index (χ3n) is 5.62.